The molecule has 6 heteroatoms. The zero-order valence-electron chi connectivity index (χ0n) is 16.9. The molecule has 0 aromatic heterocycles. The van der Waals surface area contributed by atoms with E-state index in [1.165, 1.54) is 0 Å². The van der Waals surface area contributed by atoms with E-state index in [4.69, 9.17) is 9.47 Å². The zero-order valence-corrected chi connectivity index (χ0v) is 16.9. The second kappa shape index (κ2) is 9.74. The maximum atomic E-state index is 12.3. The third kappa shape index (κ3) is 7.21. The molecule has 6 nitrogen and oxygen atoms in total. The molecular formula is C21H32N2O4. The number of benzene rings is 1. The first-order chi connectivity index (χ1) is 12.8. The Labute approximate surface area is 162 Å². The summed E-state index contributed by atoms with van der Waals surface area (Å²) in [5, 5.41) is 3.00. The van der Waals surface area contributed by atoms with Crippen molar-refractivity contribution in [3.63, 3.8) is 0 Å². The zero-order chi connectivity index (χ0) is 19.9. The van der Waals surface area contributed by atoms with Crippen molar-refractivity contribution in [3.05, 3.63) is 35.9 Å². The molecule has 0 aliphatic carbocycles. The molecule has 27 heavy (non-hydrogen) atoms. The van der Waals surface area contributed by atoms with Crippen molar-refractivity contribution < 1.29 is 19.1 Å². The summed E-state index contributed by atoms with van der Waals surface area (Å²) in [4.78, 5) is 26.5. The van der Waals surface area contributed by atoms with Crippen LogP contribution in [-0.2, 0) is 14.3 Å². The van der Waals surface area contributed by atoms with Gasteiger partial charge in [-0.15, -0.1) is 0 Å². The summed E-state index contributed by atoms with van der Waals surface area (Å²) in [6.45, 7) is 10.1. The molecule has 1 saturated heterocycles. The number of piperidine rings is 1. The molecule has 150 valence electrons. The highest BCUT2D eigenvalue weighted by molar-refractivity contribution is 5.72. The fourth-order valence-corrected chi connectivity index (χ4v) is 3.24. The van der Waals surface area contributed by atoms with Crippen molar-refractivity contribution in [2.24, 2.45) is 5.92 Å². The van der Waals surface area contributed by atoms with Crippen LogP contribution >= 0.6 is 0 Å². The highest BCUT2D eigenvalue weighted by atomic mass is 16.6. The van der Waals surface area contributed by atoms with Crippen LogP contribution in [0.15, 0.2) is 30.3 Å². The number of carbonyl (C=O) groups excluding carboxylic acids is 2. The van der Waals surface area contributed by atoms with Gasteiger partial charge >= 0.3 is 12.1 Å². The van der Waals surface area contributed by atoms with Crippen LogP contribution in [0.25, 0.3) is 0 Å². The first-order valence-corrected chi connectivity index (χ1v) is 9.72. The lowest BCUT2D eigenvalue weighted by molar-refractivity contribution is -0.149. The number of nitrogens with zero attached hydrogens (tertiary/aromatic N) is 1. The highest BCUT2D eigenvalue weighted by Crippen LogP contribution is 2.22. The third-order valence-electron chi connectivity index (χ3n) is 4.54. The minimum atomic E-state index is -0.538. The number of hydrogen-bond donors (Lipinski definition) is 1. The molecule has 0 saturated carbocycles. The first kappa shape index (κ1) is 21.2. The quantitative estimate of drug-likeness (QED) is 0.770. The lowest BCUT2D eigenvalue weighted by Crippen LogP contribution is -2.44. The van der Waals surface area contributed by atoms with Gasteiger partial charge < -0.3 is 19.7 Å². The van der Waals surface area contributed by atoms with Crippen molar-refractivity contribution >= 4 is 12.1 Å². The van der Waals surface area contributed by atoms with Gasteiger partial charge in [0.05, 0.1) is 18.6 Å². The molecule has 0 unspecified atom stereocenters. The van der Waals surface area contributed by atoms with E-state index in [1.54, 1.807) is 0 Å². The molecule has 1 amide bonds. The number of alkyl carbamates (subject to hydrolysis) is 1. The minimum absolute atomic E-state index is 0.0183. The maximum Gasteiger partial charge on any atom is 0.408 e. The third-order valence-corrected chi connectivity index (χ3v) is 4.54. The molecule has 1 fully saturated rings. The van der Waals surface area contributed by atoms with Gasteiger partial charge in [-0.3, -0.25) is 4.79 Å². The second-order valence-corrected chi connectivity index (χ2v) is 7.94. The number of rotatable bonds is 6. The Hall–Kier alpha value is -2.08. The van der Waals surface area contributed by atoms with Gasteiger partial charge in [-0.1, -0.05) is 30.3 Å². The van der Waals surface area contributed by atoms with Gasteiger partial charge in [0, 0.05) is 6.54 Å². The van der Waals surface area contributed by atoms with Crippen LogP contribution in [0, 0.1) is 5.92 Å². The van der Waals surface area contributed by atoms with Crippen LogP contribution in [-0.4, -0.2) is 48.8 Å². The molecule has 1 heterocycles. The van der Waals surface area contributed by atoms with Crippen LogP contribution in [0.1, 0.15) is 52.1 Å². The standard InChI is InChI=1S/C21H32N2O4/c1-5-26-19(24)17-11-13-23(14-12-17)15-18(16-9-7-6-8-10-16)22-20(25)27-21(2,3)4/h6-10,17-18H,5,11-15H2,1-4H3,(H,22,25)/t18-/m1/s1. The molecular weight excluding hydrogens is 344 g/mol. The lowest BCUT2D eigenvalue weighted by atomic mass is 9.96. The Kier molecular flexibility index (Phi) is 7.66. The Morgan fingerprint density at radius 1 is 1.19 bits per heavy atom. The number of amides is 1. The summed E-state index contributed by atoms with van der Waals surface area (Å²) in [5.74, 6) is -0.112. The monoisotopic (exact) mass is 376 g/mol. The molecule has 1 aromatic carbocycles. The molecule has 2 rings (SSSR count). The second-order valence-electron chi connectivity index (χ2n) is 7.94. The Bertz CT molecular complexity index is 604. The lowest BCUT2D eigenvalue weighted by Gasteiger charge is -2.34. The topological polar surface area (TPSA) is 67.9 Å². The average Bonchev–Trinajstić information content (AvgIpc) is 2.61. The highest BCUT2D eigenvalue weighted by Gasteiger charge is 2.28. The van der Waals surface area contributed by atoms with Crippen molar-refractivity contribution in [1.29, 1.82) is 0 Å². The smallest absolute Gasteiger partial charge is 0.408 e. The maximum absolute atomic E-state index is 12.3. The molecule has 1 N–H and O–H groups in total. The van der Waals surface area contributed by atoms with Gasteiger partial charge in [0.1, 0.15) is 5.60 Å². The van der Waals surface area contributed by atoms with E-state index in [9.17, 15) is 9.59 Å². The van der Waals surface area contributed by atoms with Crippen LogP contribution < -0.4 is 5.32 Å². The van der Waals surface area contributed by atoms with Gasteiger partial charge in [0.2, 0.25) is 0 Å². The number of likely N-dealkylation sites (tertiary alicyclic amines) is 1. The van der Waals surface area contributed by atoms with E-state index in [1.807, 2.05) is 58.0 Å². The average molecular weight is 376 g/mol. The van der Waals surface area contributed by atoms with Gasteiger partial charge in [0.25, 0.3) is 0 Å². The van der Waals surface area contributed by atoms with Crippen molar-refractivity contribution in [2.45, 2.75) is 52.2 Å². The summed E-state index contributed by atoms with van der Waals surface area (Å²) in [5.41, 5.74) is 0.499. The van der Waals surface area contributed by atoms with Crippen LogP contribution in [0.5, 0.6) is 0 Å². The predicted octanol–water partition coefficient (Wildman–Crippen LogP) is 3.53. The molecule has 1 aliphatic heterocycles. The van der Waals surface area contributed by atoms with Crippen LogP contribution in [0.4, 0.5) is 4.79 Å². The van der Waals surface area contributed by atoms with E-state index in [2.05, 4.69) is 10.2 Å². The molecule has 0 spiro atoms. The first-order valence-electron chi connectivity index (χ1n) is 9.72. The number of carbonyl (C=O) groups is 2. The van der Waals surface area contributed by atoms with Crippen molar-refractivity contribution in [2.75, 3.05) is 26.2 Å². The molecule has 1 aliphatic rings. The fraction of sp³-hybridized carbons (Fsp3) is 0.619. The fourth-order valence-electron chi connectivity index (χ4n) is 3.24. The largest absolute Gasteiger partial charge is 0.466 e. The summed E-state index contributed by atoms with van der Waals surface area (Å²) >= 11 is 0. The number of ether oxygens (including phenoxy) is 2. The summed E-state index contributed by atoms with van der Waals surface area (Å²) in [6.07, 6.45) is 1.15. The summed E-state index contributed by atoms with van der Waals surface area (Å²) in [6, 6.07) is 9.73. The van der Waals surface area contributed by atoms with Crippen LogP contribution in [0.2, 0.25) is 0 Å². The van der Waals surface area contributed by atoms with E-state index in [-0.39, 0.29) is 17.9 Å². The van der Waals surface area contributed by atoms with Crippen molar-refractivity contribution in [1.82, 2.24) is 10.2 Å². The van der Waals surface area contributed by atoms with E-state index >= 15 is 0 Å². The summed E-state index contributed by atoms with van der Waals surface area (Å²) < 4.78 is 10.6. The van der Waals surface area contributed by atoms with Gasteiger partial charge in [-0.25, -0.2) is 4.79 Å². The SMILES string of the molecule is CCOC(=O)C1CCN(C[C@@H](NC(=O)OC(C)(C)C)c2ccccc2)CC1. The normalized spacial score (nSPS) is 17.2. The molecule has 1 atom stereocenters. The van der Waals surface area contributed by atoms with Gasteiger partial charge in [0.15, 0.2) is 0 Å². The Balaban J connectivity index is 1.97. The number of esters is 1. The molecule has 1 aromatic rings. The van der Waals surface area contributed by atoms with Crippen LogP contribution in [0.3, 0.4) is 0 Å². The predicted molar refractivity (Wildman–Crippen MR) is 104 cm³/mol. The Morgan fingerprint density at radius 3 is 2.37 bits per heavy atom. The number of nitrogens with one attached hydrogen (secondary N) is 1. The van der Waals surface area contributed by atoms with Gasteiger partial charge in [-0.2, -0.15) is 0 Å². The van der Waals surface area contributed by atoms with E-state index < -0.39 is 11.7 Å². The summed E-state index contributed by atoms with van der Waals surface area (Å²) in [7, 11) is 0. The molecule has 0 radical (unpaired) electrons. The van der Waals surface area contributed by atoms with Gasteiger partial charge in [-0.05, 0) is 59.2 Å². The molecule has 0 bridgehead atoms. The number of hydrogen-bond acceptors (Lipinski definition) is 5. The van der Waals surface area contributed by atoms with E-state index in [0.29, 0.717) is 13.2 Å². The Morgan fingerprint density at radius 2 is 1.81 bits per heavy atom. The van der Waals surface area contributed by atoms with E-state index in [0.717, 1.165) is 31.5 Å². The van der Waals surface area contributed by atoms with Crippen molar-refractivity contribution in [3.8, 4) is 0 Å². The minimum Gasteiger partial charge on any atom is -0.466 e.